The molecule has 4 aromatic rings. The van der Waals surface area contributed by atoms with Crippen molar-refractivity contribution in [3.8, 4) is 23.0 Å². The number of nitrogens with zero attached hydrogens (tertiary/aromatic N) is 3. The van der Waals surface area contributed by atoms with Crippen LogP contribution in [0.25, 0.3) is 11.4 Å². The van der Waals surface area contributed by atoms with Crippen LogP contribution in [0, 0.1) is 6.92 Å². The number of carbonyl (C=O) groups is 1. The Kier molecular flexibility index (Phi) is 6.03. The van der Waals surface area contributed by atoms with Crippen molar-refractivity contribution >= 4 is 5.91 Å². The largest absolute Gasteiger partial charge is 0.438 e. The van der Waals surface area contributed by atoms with Gasteiger partial charge < -0.3 is 9.64 Å². The predicted octanol–water partition coefficient (Wildman–Crippen LogP) is 5.52. The first kappa shape index (κ1) is 20.3. The minimum Gasteiger partial charge on any atom is -0.438 e. The van der Waals surface area contributed by atoms with E-state index in [4.69, 9.17) is 4.74 Å². The average Bonchev–Trinajstić information content (AvgIpc) is 2.81. The second-order valence-corrected chi connectivity index (χ2v) is 7.34. The maximum Gasteiger partial charge on any atom is 0.260 e. The Morgan fingerprint density at radius 1 is 0.903 bits per heavy atom. The van der Waals surface area contributed by atoms with E-state index in [0.717, 1.165) is 16.7 Å². The van der Waals surface area contributed by atoms with E-state index >= 15 is 0 Å². The van der Waals surface area contributed by atoms with E-state index in [1.807, 2.05) is 91.9 Å². The molecule has 0 spiro atoms. The molecule has 0 saturated carbocycles. The molecule has 0 aliphatic heterocycles. The maximum atomic E-state index is 13.2. The molecule has 1 heterocycles. The molecule has 0 N–H and O–H groups in total. The number of benzene rings is 3. The highest BCUT2D eigenvalue weighted by Gasteiger charge is 2.21. The zero-order chi connectivity index (χ0) is 21.6. The van der Waals surface area contributed by atoms with Crippen LogP contribution in [0.2, 0.25) is 0 Å². The smallest absolute Gasteiger partial charge is 0.260 e. The van der Waals surface area contributed by atoms with Gasteiger partial charge in [-0.1, -0.05) is 78.4 Å². The van der Waals surface area contributed by atoms with Crippen molar-refractivity contribution in [2.24, 2.45) is 0 Å². The fourth-order valence-corrected chi connectivity index (χ4v) is 3.17. The second kappa shape index (κ2) is 9.22. The Labute approximate surface area is 182 Å². The minimum absolute atomic E-state index is 0.203. The third kappa shape index (κ3) is 4.95. The summed E-state index contributed by atoms with van der Waals surface area (Å²) in [6.07, 6.45) is 1.54. The SMILES string of the molecule is Cc1ccc(Oc2nc(-c3ccccc3)ncc2C(=O)N(C)Cc2ccccc2)cc1. The van der Waals surface area contributed by atoms with Crippen LogP contribution >= 0.6 is 0 Å². The lowest BCUT2D eigenvalue weighted by Gasteiger charge is -2.19. The van der Waals surface area contributed by atoms with E-state index in [2.05, 4.69) is 9.97 Å². The molecule has 0 radical (unpaired) electrons. The van der Waals surface area contributed by atoms with Gasteiger partial charge in [-0.05, 0) is 24.6 Å². The van der Waals surface area contributed by atoms with Crippen molar-refractivity contribution in [3.63, 3.8) is 0 Å². The fraction of sp³-hybridized carbons (Fsp3) is 0.115. The summed E-state index contributed by atoms with van der Waals surface area (Å²) in [7, 11) is 1.76. The van der Waals surface area contributed by atoms with E-state index in [0.29, 0.717) is 23.7 Å². The van der Waals surface area contributed by atoms with E-state index in [-0.39, 0.29) is 11.8 Å². The Hall–Kier alpha value is -3.99. The molecule has 1 amide bonds. The number of ether oxygens (including phenoxy) is 1. The molecule has 31 heavy (non-hydrogen) atoms. The Bertz CT molecular complexity index is 1160. The third-order valence-corrected chi connectivity index (χ3v) is 4.86. The summed E-state index contributed by atoms with van der Waals surface area (Å²) in [6.45, 7) is 2.49. The van der Waals surface area contributed by atoms with E-state index in [1.165, 1.54) is 0 Å². The van der Waals surface area contributed by atoms with Crippen LogP contribution in [-0.4, -0.2) is 27.8 Å². The van der Waals surface area contributed by atoms with Crippen LogP contribution < -0.4 is 4.74 Å². The number of aromatic nitrogens is 2. The summed E-state index contributed by atoms with van der Waals surface area (Å²) in [5.41, 5.74) is 3.34. The van der Waals surface area contributed by atoms with Gasteiger partial charge in [0.1, 0.15) is 11.3 Å². The number of hydrogen-bond donors (Lipinski definition) is 0. The van der Waals surface area contributed by atoms with Gasteiger partial charge in [-0.25, -0.2) is 4.98 Å². The van der Waals surface area contributed by atoms with Gasteiger partial charge >= 0.3 is 0 Å². The van der Waals surface area contributed by atoms with Gasteiger partial charge in [0.15, 0.2) is 5.82 Å². The van der Waals surface area contributed by atoms with Gasteiger partial charge in [-0.3, -0.25) is 4.79 Å². The molecule has 154 valence electrons. The van der Waals surface area contributed by atoms with Gasteiger partial charge in [0.2, 0.25) is 5.88 Å². The van der Waals surface area contributed by atoms with Crippen molar-refractivity contribution in [2.75, 3.05) is 7.05 Å². The zero-order valence-electron chi connectivity index (χ0n) is 17.5. The summed E-state index contributed by atoms with van der Waals surface area (Å²) >= 11 is 0. The Morgan fingerprint density at radius 2 is 1.55 bits per heavy atom. The van der Waals surface area contributed by atoms with Crippen LogP contribution in [0.4, 0.5) is 0 Å². The fourth-order valence-electron chi connectivity index (χ4n) is 3.17. The van der Waals surface area contributed by atoms with Crippen LogP contribution in [-0.2, 0) is 6.54 Å². The third-order valence-electron chi connectivity index (χ3n) is 4.86. The van der Waals surface area contributed by atoms with Crippen molar-refractivity contribution < 1.29 is 9.53 Å². The molecule has 0 aliphatic rings. The number of aryl methyl sites for hydroxylation is 1. The quantitative estimate of drug-likeness (QED) is 0.421. The summed E-state index contributed by atoms with van der Waals surface area (Å²) < 4.78 is 6.05. The number of hydrogen-bond acceptors (Lipinski definition) is 4. The standard InChI is InChI=1S/C26H23N3O2/c1-19-13-15-22(16-14-19)31-25-23(17-27-24(28-25)21-11-7-4-8-12-21)26(30)29(2)18-20-9-5-3-6-10-20/h3-17H,18H2,1-2H3. The molecule has 0 fully saturated rings. The molecule has 5 nitrogen and oxygen atoms in total. The summed E-state index contributed by atoms with van der Waals surface area (Å²) in [4.78, 5) is 23.9. The summed E-state index contributed by atoms with van der Waals surface area (Å²) in [5, 5.41) is 0. The molecule has 0 saturated heterocycles. The van der Waals surface area contributed by atoms with Crippen molar-refractivity contribution in [1.82, 2.24) is 14.9 Å². The van der Waals surface area contributed by atoms with Gasteiger partial charge in [-0.2, -0.15) is 4.98 Å². The van der Waals surface area contributed by atoms with E-state index in [1.54, 1.807) is 18.1 Å². The van der Waals surface area contributed by atoms with Gasteiger partial charge in [0.05, 0.1) is 0 Å². The average molecular weight is 409 g/mol. The monoisotopic (exact) mass is 409 g/mol. The molecule has 3 aromatic carbocycles. The van der Waals surface area contributed by atoms with Crippen LogP contribution in [0.3, 0.4) is 0 Å². The van der Waals surface area contributed by atoms with Gasteiger partial charge in [0.25, 0.3) is 5.91 Å². The minimum atomic E-state index is -0.203. The molecule has 0 bridgehead atoms. The Balaban J connectivity index is 1.68. The molecular formula is C26H23N3O2. The van der Waals surface area contributed by atoms with E-state index in [9.17, 15) is 4.79 Å². The van der Waals surface area contributed by atoms with E-state index < -0.39 is 0 Å². The molecule has 5 heteroatoms. The lowest BCUT2D eigenvalue weighted by molar-refractivity contribution is 0.0781. The molecular weight excluding hydrogens is 386 g/mol. The Morgan fingerprint density at radius 3 is 2.23 bits per heavy atom. The van der Waals surface area contributed by atoms with Crippen molar-refractivity contribution in [1.29, 1.82) is 0 Å². The highest BCUT2D eigenvalue weighted by molar-refractivity contribution is 5.96. The summed E-state index contributed by atoms with van der Waals surface area (Å²) in [6, 6.07) is 27.1. The summed E-state index contributed by atoms with van der Waals surface area (Å²) in [5.74, 6) is 1.15. The lowest BCUT2D eigenvalue weighted by atomic mass is 10.2. The van der Waals surface area contributed by atoms with Gasteiger partial charge in [-0.15, -0.1) is 0 Å². The zero-order valence-corrected chi connectivity index (χ0v) is 17.5. The number of amides is 1. The second-order valence-electron chi connectivity index (χ2n) is 7.34. The molecule has 4 rings (SSSR count). The molecule has 0 unspecified atom stereocenters. The lowest BCUT2D eigenvalue weighted by Crippen LogP contribution is -2.27. The first-order valence-electron chi connectivity index (χ1n) is 10.1. The predicted molar refractivity (Wildman–Crippen MR) is 121 cm³/mol. The normalized spacial score (nSPS) is 10.5. The van der Waals surface area contributed by atoms with Crippen molar-refractivity contribution in [2.45, 2.75) is 13.5 Å². The highest BCUT2D eigenvalue weighted by atomic mass is 16.5. The number of carbonyl (C=O) groups excluding carboxylic acids is 1. The maximum absolute atomic E-state index is 13.2. The van der Waals surface area contributed by atoms with Crippen LogP contribution in [0.1, 0.15) is 21.5 Å². The molecule has 0 aliphatic carbocycles. The first-order valence-corrected chi connectivity index (χ1v) is 10.1. The van der Waals surface area contributed by atoms with Crippen molar-refractivity contribution in [3.05, 3.63) is 108 Å². The number of rotatable bonds is 6. The first-order chi connectivity index (χ1) is 15.1. The highest BCUT2D eigenvalue weighted by Crippen LogP contribution is 2.27. The van der Waals surface area contributed by atoms with Gasteiger partial charge in [0, 0.05) is 25.4 Å². The molecule has 0 atom stereocenters. The molecule has 1 aromatic heterocycles. The van der Waals surface area contributed by atoms with Crippen LogP contribution in [0.15, 0.2) is 91.1 Å². The topological polar surface area (TPSA) is 55.3 Å². The van der Waals surface area contributed by atoms with Crippen LogP contribution in [0.5, 0.6) is 11.6 Å².